The Morgan fingerprint density at radius 2 is 1.82 bits per heavy atom. The Morgan fingerprint density at radius 1 is 1.18 bits per heavy atom. The highest BCUT2D eigenvalue weighted by atomic mass is 35.5. The molecule has 1 amide bonds. The van der Waals surface area contributed by atoms with E-state index >= 15 is 0 Å². The van der Waals surface area contributed by atoms with Gasteiger partial charge < -0.3 is 4.74 Å². The molecule has 0 spiro atoms. The van der Waals surface area contributed by atoms with E-state index in [1.165, 1.54) is 29.4 Å². The molecule has 1 fully saturated rings. The van der Waals surface area contributed by atoms with Gasteiger partial charge in [-0.1, -0.05) is 17.8 Å². The van der Waals surface area contributed by atoms with Crippen molar-refractivity contribution in [3.05, 3.63) is 48.2 Å². The first-order valence-corrected chi connectivity index (χ1v) is 10.7. The Hall–Kier alpha value is -1.65. The molecule has 0 unspecified atom stereocenters. The van der Waals surface area contributed by atoms with E-state index in [4.69, 9.17) is 9.94 Å². The first kappa shape index (κ1) is 22.6. The summed E-state index contributed by atoms with van der Waals surface area (Å²) >= 11 is 1.42. The molecule has 28 heavy (non-hydrogen) atoms. The van der Waals surface area contributed by atoms with Gasteiger partial charge in [-0.3, -0.25) is 10.0 Å². The van der Waals surface area contributed by atoms with E-state index in [9.17, 15) is 13.2 Å². The number of carbonyl (C=O) groups is 1. The Morgan fingerprint density at radius 3 is 2.36 bits per heavy atom. The van der Waals surface area contributed by atoms with Crippen molar-refractivity contribution in [2.75, 3.05) is 13.2 Å². The molecule has 0 atom stereocenters. The molecule has 1 aliphatic rings. The van der Waals surface area contributed by atoms with E-state index in [1.54, 1.807) is 18.3 Å². The fraction of sp³-hybridized carbons (Fsp3) is 0.333. The minimum Gasteiger partial charge on any atom is -0.381 e. The van der Waals surface area contributed by atoms with Gasteiger partial charge in [0.1, 0.15) is 5.03 Å². The number of sulfone groups is 1. The maximum atomic E-state index is 13.2. The van der Waals surface area contributed by atoms with Crippen LogP contribution in [0.2, 0.25) is 0 Å². The molecular weight excluding hydrogens is 424 g/mol. The smallest absolute Gasteiger partial charge is 0.265 e. The van der Waals surface area contributed by atoms with E-state index in [0.717, 1.165) is 15.5 Å². The quantitative estimate of drug-likeness (QED) is 0.539. The number of halogens is 1. The summed E-state index contributed by atoms with van der Waals surface area (Å²) in [5, 5.41) is 9.88. The Kier molecular flexibility index (Phi) is 7.46. The lowest BCUT2D eigenvalue weighted by atomic mass is 9.98. The van der Waals surface area contributed by atoms with E-state index < -0.39 is 20.5 Å². The van der Waals surface area contributed by atoms with E-state index in [1.807, 2.05) is 19.1 Å². The summed E-state index contributed by atoms with van der Waals surface area (Å²) in [6.07, 6.45) is 1.75. The Labute approximate surface area is 174 Å². The average molecular weight is 445 g/mol. The summed E-state index contributed by atoms with van der Waals surface area (Å²) in [5.41, 5.74) is 2.57. The van der Waals surface area contributed by atoms with Crippen LogP contribution in [-0.4, -0.2) is 42.5 Å². The zero-order valence-corrected chi connectivity index (χ0v) is 17.6. The van der Waals surface area contributed by atoms with Crippen molar-refractivity contribution in [1.82, 2.24) is 10.5 Å². The number of carbonyl (C=O) groups excluding carboxylic acids is 1. The van der Waals surface area contributed by atoms with Crippen molar-refractivity contribution in [3.63, 3.8) is 0 Å². The normalized spacial score (nSPS) is 16.1. The largest absolute Gasteiger partial charge is 0.381 e. The Balaban J connectivity index is 0.00000280. The number of nitrogens with one attached hydrogen (secondary N) is 1. The van der Waals surface area contributed by atoms with Gasteiger partial charge in [-0.15, -0.1) is 12.4 Å². The third-order valence-electron chi connectivity index (χ3n) is 4.57. The predicted octanol–water partition coefficient (Wildman–Crippen LogP) is 2.79. The fourth-order valence-electron chi connectivity index (χ4n) is 2.97. The van der Waals surface area contributed by atoms with Gasteiger partial charge in [0.05, 0.1) is 4.90 Å². The first-order valence-electron chi connectivity index (χ1n) is 8.36. The molecule has 0 aliphatic carbocycles. The first-order chi connectivity index (χ1) is 12.9. The van der Waals surface area contributed by atoms with Crippen LogP contribution in [0.25, 0.3) is 0 Å². The van der Waals surface area contributed by atoms with Crippen LogP contribution < -0.4 is 5.48 Å². The lowest BCUT2D eigenvalue weighted by molar-refractivity contribution is -0.134. The number of hydroxylamine groups is 1. The van der Waals surface area contributed by atoms with E-state index in [0.29, 0.717) is 0 Å². The maximum Gasteiger partial charge on any atom is 0.265 e. The summed E-state index contributed by atoms with van der Waals surface area (Å²) in [6.45, 7) is 2.23. The van der Waals surface area contributed by atoms with Crippen LogP contribution in [0.1, 0.15) is 18.4 Å². The van der Waals surface area contributed by atoms with Gasteiger partial charge in [-0.2, -0.15) is 0 Å². The molecule has 0 bridgehead atoms. The summed E-state index contributed by atoms with van der Waals surface area (Å²) in [5.74, 6) is -0.923. The molecule has 10 heteroatoms. The monoisotopic (exact) mass is 444 g/mol. The maximum absolute atomic E-state index is 13.2. The number of nitrogens with zero attached hydrogens (tertiary/aromatic N) is 1. The predicted molar refractivity (Wildman–Crippen MR) is 107 cm³/mol. The van der Waals surface area contributed by atoms with Crippen molar-refractivity contribution in [2.24, 2.45) is 0 Å². The zero-order chi connectivity index (χ0) is 19.5. The highest BCUT2D eigenvalue weighted by Crippen LogP contribution is 2.36. The third-order valence-corrected chi connectivity index (χ3v) is 8.04. The number of amides is 1. The van der Waals surface area contributed by atoms with Crippen LogP contribution in [0.4, 0.5) is 0 Å². The zero-order valence-electron chi connectivity index (χ0n) is 15.1. The van der Waals surface area contributed by atoms with Gasteiger partial charge >= 0.3 is 0 Å². The number of aromatic nitrogens is 1. The summed E-state index contributed by atoms with van der Waals surface area (Å²) < 4.78 is 29.8. The molecule has 0 saturated carbocycles. The highest BCUT2D eigenvalue weighted by Gasteiger charge is 2.52. The van der Waals surface area contributed by atoms with E-state index in [2.05, 4.69) is 4.98 Å². The van der Waals surface area contributed by atoms with E-state index in [-0.39, 0.29) is 43.4 Å². The number of hydrogen-bond donors (Lipinski definition) is 2. The van der Waals surface area contributed by atoms with Crippen LogP contribution in [0.5, 0.6) is 0 Å². The van der Waals surface area contributed by atoms with Crippen LogP contribution in [0.15, 0.2) is 57.4 Å². The van der Waals surface area contributed by atoms with Crippen molar-refractivity contribution in [3.8, 4) is 0 Å². The van der Waals surface area contributed by atoms with Crippen LogP contribution in [-0.2, 0) is 19.4 Å². The molecular formula is C18H21ClN2O5S2. The summed E-state index contributed by atoms with van der Waals surface area (Å²) in [7, 11) is -4.01. The van der Waals surface area contributed by atoms with Gasteiger partial charge in [0.25, 0.3) is 5.91 Å². The third kappa shape index (κ3) is 4.33. The van der Waals surface area contributed by atoms with Gasteiger partial charge in [-0.05, 0) is 55.7 Å². The molecule has 7 nitrogen and oxygen atoms in total. The lowest BCUT2D eigenvalue weighted by Gasteiger charge is -2.34. The number of rotatable bonds is 5. The molecule has 2 heterocycles. The average Bonchev–Trinajstić information content (AvgIpc) is 2.70. The lowest BCUT2D eigenvalue weighted by Crippen LogP contribution is -2.54. The standard InChI is InChI=1S/C18H20N2O5S2.ClH/c1-13-2-7-16(19-12-13)26-14-3-5-15(6-4-14)27(23,24)18(17(21)20-22)8-10-25-11-9-18;/h2-7,12,22H,8-11H2,1H3,(H,20,21);1H. The van der Waals surface area contributed by atoms with Gasteiger partial charge in [-0.25, -0.2) is 18.9 Å². The summed E-state index contributed by atoms with van der Waals surface area (Å²) in [4.78, 5) is 17.4. The minimum absolute atomic E-state index is 0. The minimum atomic E-state index is -4.01. The second-order valence-corrected chi connectivity index (χ2v) is 9.65. The van der Waals surface area contributed by atoms with Crippen molar-refractivity contribution >= 4 is 39.9 Å². The van der Waals surface area contributed by atoms with Crippen molar-refractivity contribution in [2.45, 2.75) is 39.3 Å². The number of ether oxygens (including phenoxy) is 1. The second kappa shape index (κ2) is 9.23. The highest BCUT2D eigenvalue weighted by molar-refractivity contribution is 7.99. The molecule has 3 rings (SSSR count). The molecule has 2 N–H and O–H groups in total. The molecule has 1 aromatic heterocycles. The second-order valence-electron chi connectivity index (χ2n) is 6.30. The topological polar surface area (TPSA) is 106 Å². The summed E-state index contributed by atoms with van der Waals surface area (Å²) in [6, 6.07) is 10.2. The fourth-order valence-corrected chi connectivity index (χ4v) is 5.66. The number of benzene rings is 1. The number of aryl methyl sites for hydroxylation is 1. The van der Waals surface area contributed by atoms with Crippen LogP contribution >= 0.6 is 24.2 Å². The Bertz CT molecular complexity index is 912. The van der Waals surface area contributed by atoms with Gasteiger partial charge in [0.2, 0.25) is 0 Å². The molecule has 2 aromatic rings. The SMILES string of the molecule is Cc1ccc(Sc2ccc(S(=O)(=O)C3(C(=O)NO)CCOCC3)cc2)nc1.Cl. The number of hydrogen-bond acceptors (Lipinski definition) is 7. The molecule has 0 radical (unpaired) electrons. The van der Waals surface area contributed by atoms with Gasteiger partial charge in [0.15, 0.2) is 14.6 Å². The molecule has 152 valence electrons. The number of pyridine rings is 1. The molecule has 1 aliphatic heterocycles. The van der Waals surface area contributed by atoms with Gasteiger partial charge in [0, 0.05) is 24.3 Å². The molecule has 1 aromatic carbocycles. The van der Waals surface area contributed by atoms with Crippen molar-refractivity contribution in [1.29, 1.82) is 0 Å². The van der Waals surface area contributed by atoms with Crippen LogP contribution in [0.3, 0.4) is 0 Å². The van der Waals surface area contributed by atoms with Crippen LogP contribution in [0, 0.1) is 6.92 Å². The molecule has 1 saturated heterocycles. The van der Waals surface area contributed by atoms with Crippen molar-refractivity contribution < 1.29 is 23.2 Å².